The number of hydrogen-bond acceptors (Lipinski definition) is 2. The molecule has 17 heavy (non-hydrogen) atoms. The van der Waals surface area contributed by atoms with Crippen molar-refractivity contribution in [3.8, 4) is 0 Å². The Kier molecular flexibility index (Phi) is 8.51. The molecule has 1 unspecified atom stereocenters. The number of nitrogens with zero attached hydrogens (tertiary/aromatic N) is 1. The number of halogens is 1. The van der Waals surface area contributed by atoms with Gasteiger partial charge in [0.15, 0.2) is 5.90 Å². The number of hydrogen-bond donors (Lipinski definition) is 0. The van der Waals surface area contributed by atoms with Crippen molar-refractivity contribution in [3.05, 3.63) is 34.9 Å². The molecule has 3 heteroatoms. The highest BCUT2D eigenvalue weighted by Gasteiger charge is 2.17. The third-order valence-electron chi connectivity index (χ3n) is 2.04. The second-order valence-electron chi connectivity index (χ2n) is 3.03. The first-order valence-corrected chi connectivity index (χ1v) is 6.56. The van der Waals surface area contributed by atoms with Crippen molar-refractivity contribution in [1.82, 2.24) is 0 Å². The van der Waals surface area contributed by atoms with Crippen LogP contribution < -0.4 is 0 Å². The van der Waals surface area contributed by atoms with Crippen LogP contribution in [0.2, 0.25) is 5.02 Å². The summed E-state index contributed by atoms with van der Waals surface area (Å²) < 4.78 is 5.27. The highest BCUT2D eigenvalue weighted by Crippen LogP contribution is 2.23. The van der Waals surface area contributed by atoms with Crippen LogP contribution in [0.15, 0.2) is 29.3 Å². The topological polar surface area (TPSA) is 21.6 Å². The van der Waals surface area contributed by atoms with Crippen LogP contribution in [0.5, 0.6) is 0 Å². The van der Waals surface area contributed by atoms with Crippen LogP contribution >= 0.6 is 11.6 Å². The molecule has 0 bridgehead atoms. The summed E-state index contributed by atoms with van der Waals surface area (Å²) in [5.74, 6) is 0.764. The van der Waals surface area contributed by atoms with Crippen molar-refractivity contribution >= 4 is 17.5 Å². The van der Waals surface area contributed by atoms with Gasteiger partial charge >= 0.3 is 0 Å². The maximum absolute atomic E-state index is 5.78. The van der Waals surface area contributed by atoms with Crippen LogP contribution in [0.25, 0.3) is 0 Å². The maximum atomic E-state index is 5.78. The third kappa shape index (κ3) is 5.22. The minimum Gasteiger partial charge on any atom is -0.479 e. The lowest BCUT2D eigenvalue weighted by Crippen LogP contribution is -1.97. The van der Waals surface area contributed by atoms with E-state index in [0.717, 1.165) is 16.5 Å². The van der Waals surface area contributed by atoms with Crippen molar-refractivity contribution in [2.24, 2.45) is 4.99 Å². The molecular weight excluding hydrogens is 234 g/mol. The lowest BCUT2D eigenvalue weighted by atomic mass is 10.1. The van der Waals surface area contributed by atoms with Gasteiger partial charge in [-0.2, -0.15) is 0 Å². The molecule has 0 aromatic heterocycles. The first-order chi connectivity index (χ1) is 8.25. The second-order valence-corrected chi connectivity index (χ2v) is 3.46. The second kappa shape index (κ2) is 9.06. The van der Waals surface area contributed by atoms with E-state index in [9.17, 15) is 0 Å². The molecule has 1 heterocycles. The Balaban J connectivity index is 0.000000581. The number of aliphatic imine (C=N–C) groups is 1. The van der Waals surface area contributed by atoms with Gasteiger partial charge in [-0.3, -0.25) is 0 Å². The predicted molar refractivity (Wildman–Crippen MR) is 76.0 cm³/mol. The summed E-state index contributed by atoms with van der Waals surface area (Å²) in [6.45, 7) is 10.5. The zero-order valence-electron chi connectivity index (χ0n) is 11.3. The van der Waals surface area contributed by atoms with Crippen molar-refractivity contribution in [3.63, 3.8) is 0 Å². The van der Waals surface area contributed by atoms with E-state index in [4.69, 9.17) is 16.3 Å². The minimum absolute atomic E-state index is 0.150. The highest BCUT2D eigenvalue weighted by molar-refractivity contribution is 6.30. The van der Waals surface area contributed by atoms with Crippen molar-refractivity contribution in [1.29, 1.82) is 0 Å². The monoisotopic (exact) mass is 255 g/mol. The van der Waals surface area contributed by atoms with Crippen LogP contribution in [-0.2, 0) is 4.74 Å². The zero-order chi connectivity index (χ0) is 13.3. The van der Waals surface area contributed by atoms with Crippen molar-refractivity contribution < 1.29 is 4.74 Å². The number of benzene rings is 1. The summed E-state index contributed by atoms with van der Waals surface area (Å²) in [7, 11) is 0. The smallest absolute Gasteiger partial charge is 0.180 e. The highest BCUT2D eigenvalue weighted by atomic mass is 35.5. The number of rotatable bonds is 1. The third-order valence-corrected chi connectivity index (χ3v) is 2.29. The van der Waals surface area contributed by atoms with Gasteiger partial charge in [-0.15, -0.1) is 0 Å². The van der Waals surface area contributed by atoms with Gasteiger partial charge in [0.2, 0.25) is 0 Å². The van der Waals surface area contributed by atoms with Crippen molar-refractivity contribution in [2.45, 2.75) is 40.7 Å². The summed E-state index contributed by atoms with van der Waals surface area (Å²) in [4.78, 5) is 4.34. The fourth-order valence-electron chi connectivity index (χ4n) is 1.35. The molecule has 1 aromatic carbocycles. The molecule has 0 saturated heterocycles. The van der Waals surface area contributed by atoms with Crippen LogP contribution in [0, 0.1) is 0 Å². The lowest BCUT2D eigenvalue weighted by molar-refractivity contribution is 0.317. The summed E-state index contributed by atoms with van der Waals surface area (Å²) in [5.41, 5.74) is 1.15. The Hall–Kier alpha value is -1.02. The Labute approximate surface area is 110 Å². The van der Waals surface area contributed by atoms with E-state index in [-0.39, 0.29) is 6.04 Å². The SMILES string of the molecule is CC.CC.CC1=NC(c2ccc(Cl)cc2)CO1. The van der Waals surface area contributed by atoms with Crippen LogP contribution in [0.4, 0.5) is 0 Å². The quantitative estimate of drug-likeness (QED) is 0.701. The molecule has 0 aliphatic carbocycles. The van der Waals surface area contributed by atoms with Gasteiger partial charge in [0.05, 0.1) is 0 Å². The van der Waals surface area contributed by atoms with Gasteiger partial charge in [0.1, 0.15) is 12.6 Å². The maximum Gasteiger partial charge on any atom is 0.180 e. The molecule has 96 valence electrons. The molecule has 0 spiro atoms. The van der Waals surface area contributed by atoms with Gasteiger partial charge in [0.25, 0.3) is 0 Å². The Bertz CT molecular complexity index is 333. The van der Waals surface area contributed by atoms with Crippen LogP contribution in [0.3, 0.4) is 0 Å². The molecule has 0 radical (unpaired) electrons. The molecule has 0 N–H and O–H groups in total. The molecule has 1 aromatic rings. The standard InChI is InChI=1S/C10H10ClNO.2C2H6/c1-7-12-10(6-13-7)8-2-4-9(11)5-3-8;2*1-2/h2-5,10H,6H2,1H3;2*1-2H3. The zero-order valence-corrected chi connectivity index (χ0v) is 12.1. The van der Waals surface area contributed by atoms with E-state index in [0.29, 0.717) is 6.61 Å². The van der Waals surface area contributed by atoms with Gasteiger partial charge < -0.3 is 4.74 Å². The van der Waals surface area contributed by atoms with Crippen LogP contribution in [-0.4, -0.2) is 12.5 Å². The van der Waals surface area contributed by atoms with E-state index < -0.39 is 0 Å². The Morgan fingerprint density at radius 2 is 1.65 bits per heavy atom. The van der Waals surface area contributed by atoms with E-state index in [1.165, 1.54) is 0 Å². The predicted octanol–water partition coefficient (Wildman–Crippen LogP) is 4.88. The fraction of sp³-hybridized carbons (Fsp3) is 0.500. The fourth-order valence-corrected chi connectivity index (χ4v) is 1.48. The first kappa shape index (κ1) is 16.0. The molecule has 0 saturated carbocycles. The molecule has 0 fully saturated rings. The van der Waals surface area contributed by atoms with Gasteiger partial charge in [0, 0.05) is 11.9 Å². The average molecular weight is 256 g/mol. The average Bonchev–Trinajstić information content (AvgIpc) is 2.82. The van der Waals surface area contributed by atoms with E-state index in [1.54, 1.807) is 0 Å². The van der Waals surface area contributed by atoms with Gasteiger partial charge in [-0.25, -0.2) is 4.99 Å². The first-order valence-electron chi connectivity index (χ1n) is 6.18. The van der Waals surface area contributed by atoms with Gasteiger partial charge in [-0.05, 0) is 17.7 Å². The number of ether oxygens (including phenoxy) is 1. The molecule has 2 rings (SSSR count). The molecule has 2 nitrogen and oxygen atoms in total. The largest absolute Gasteiger partial charge is 0.479 e. The van der Waals surface area contributed by atoms with E-state index in [2.05, 4.69) is 4.99 Å². The molecular formula is C14H22ClNO. The summed E-state index contributed by atoms with van der Waals surface area (Å²) in [5, 5.41) is 0.753. The Morgan fingerprint density at radius 3 is 2.06 bits per heavy atom. The molecule has 1 atom stereocenters. The van der Waals surface area contributed by atoms with E-state index >= 15 is 0 Å². The normalized spacial score (nSPS) is 16.8. The van der Waals surface area contributed by atoms with Crippen molar-refractivity contribution in [2.75, 3.05) is 6.61 Å². The van der Waals surface area contributed by atoms with Crippen LogP contribution in [0.1, 0.15) is 46.2 Å². The molecule has 1 aliphatic rings. The molecule has 0 amide bonds. The summed E-state index contributed by atoms with van der Waals surface area (Å²) >= 11 is 5.78. The molecule has 1 aliphatic heterocycles. The minimum atomic E-state index is 0.150. The summed E-state index contributed by atoms with van der Waals surface area (Å²) in [6.07, 6.45) is 0. The Morgan fingerprint density at radius 1 is 1.12 bits per heavy atom. The van der Waals surface area contributed by atoms with E-state index in [1.807, 2.05) is 58.9 Å². The van der Waals surface area contributed by atoms with Gasteiger partial charge in [-0.1, -0.05) is 51.4 Å². The lowest BCUT2D eigenvalue weighted by Gasteiger charge is -2.04. The summed E-state index contributed by atoms with van der Waals surface area (Å²) in [6, 6.07) is 7.87.